The van der Waals surface area contributed by atoms with E-state index < -0.39 is 4.84 Å². The average molecular weight is 294 g/mol. The van der Waals surface area contributed by atoms with Crippen molar-refractivity contribution in [2.75, 3.05) is 12.3 Å². The van der Waals surface area contributed by atoms with Gasteiger partial charge in [-0.2, -0.15) is 0 Å². The van der Waals surface area contributed by atoms with Crippen molar-refractivity contribution < 1.29 is 9.18 Å². The number of nitrogens with zero attached hydrogens (tertiary/aromatic N) is 1. The van der Waals surface area contributed by atoms with E-state index in [0.29, 0.717) is 6.54 Å². The predicted molar refractivity (Wildman–Crippen MR) is 68.8 cm³/mol. The first-order valence-electron chi connectivity index (χ1n) is 5.05. The van der Waals surface area contributed by atoms with Gasteiger partial charge in [0.15, 0.2) is 4.84 Å². The Hall–Kier alpha value is -0.450. The number of thioether (sulfide) groups is 1. The molecule has 1 fully saturated rings. The number of hydrogen-bond acceptors (Lipinski definition) is 2. The van der Waals surface area contributed by atoms with Gasteiger partial charge in [0, 0.05) is 12.3 Å². The van der Waals surface area contributed by atoms with E-state index in [2.05, 4.69) is 0 Å². The highest BCUT2D eigenvalue weighted by Crippen LogP contribution is 2.38. The maximum absolute atomic E-state index is 12.8. The monoisotopic (exact) mass is 293 g/mol. The first-order chi connectivity index (χ1) is 8.09. The molecule has 1 atom stereocenters. The van der Waals surface area contributed by atoms with Crippen molar-refractivity contribution in [2.45, 2.75) is 10.2 Å². The smallest absolute Gasteiger partial charge is 0.257 e. The second kappa shape index (κ2) is 5.46. The molecule has 1 aromatic rings. The summed E-state index contributed by atoms with van der Waals surface area (Å²) < 4.78 is 12.8. The molecule has 6 heteroatoms. The molecule has 2 rings (SSSR count). The Bertz CT molecular complexity index is 412. The average Bonchev–Trinajstić information content (AvgIpc) is 2.77. The fourth-order valence-corrected chi connectivity index (χ4v) is 3.24. The maximum Gasteiger partial charge on any atom is 0.257 e. The van der Waals surface area contributed by atoms with Gasteiger partial charge in [-0.25, -0.2) is 4.39 Å². The van der Waals surface area contributed by atoms with Gasteiger partial charge in [0.05, 0.1) is 0 Å². The van der Waals surface area contributed by atoms with Crippen LogP contribution < -0.4 is 0 Å². The summed E-state index contributed by atoms with van der Waals surface area (Å²) in [4.78, 5) is 12.4. The Morgan fingerprint density at radius 3 is 2.65 bits per heavy atom. The molecule has 0 aromatic heterocycles. The molecular weight excluding hydrogens is 284 g/mol. The quantitative estimate of drug-likeness (QED) is 0.781. The van der Waals surface area contributed by atoms with E-state index in [4.69, 9.17) is 23.2 Å². The van der Waals surface area contributed by atoms with Crippen LogP contribution in [0.4, 0.5) is 4.39 Å². The molecule has 0 radical (unpaired) electrons. The molecule has 0 N–H and O–H groups in total. The van der Waals surface area contributed by atoms with Crippen molar-refractivity contribution in [3.05, 3.63) is 35.6 Å². The highest BCUT2D eigenvalue weighted by molar-refractivity contribution is 7.99. The van der Waals surface area contributed by atoms with Gasteiger partial charge < -0.3 is 4.90 Å². The standard InChI is InChI=1S/C11H10Cl2FNOS/c12-9(13)10(16)15-5-6-17-11(15)7-1-3-8(14)4-2-7/h1-4,9,11H,5-6H2/t11-/m0/s1. The maximum atomic E-state index is 12.8. The summed E-state index contributed by atoms with van der Waals surface area (Å²) in [5.41, 5.74) is 0.885. The molecule has 0 bridgehead atoms. The molecule has 2 nitrogen and oxygen atoms in total. The summed E-state index contributed by atoms with van der Waals surface area (Å²) in [6.07, 6.45) is 0. The van der Waals surface area contributed by atoms with Gasteiger partial charge in [0.2, 0.25) is 0 Å². The molecule has 1 amide bonds. The predicted octanol–water partition coefficient (Wildman–Crippen LogP) is 3.20. The fraction of sp³-hybridized carbons (Fsp3) is 0.364. The van der Waals surface area contributed by atoms with Crippen LogP contribution in [0.2, 0.25) is 0 Å². The van der Waals surface area contributed by atoms with Crippen LogP contribution in [0.3, 0.4) is 0 Å². The van der Waals surface area contributed by atoms with Crippen molar-refractivity contribution >= 4 is 40.9 Å². The fourth-order valence-electron chi connectivity index (χ4n) is 1.72. The molecule has 1 heterocycles. The second-order valence-corrected chi connectivity index (χ2v) is 5.89. The summed E-state index contributed by atoms with van der Waals surface area (Å²) >= 11 is 12.8. The lowest BCUT2D eigenvalue weighted by molar-refractivity contribution is -0.129. The van der Waals surface area contributed by atoms with Crippen LogP contribution >= 0.6 is 35.0 Å². The minimum absolute atomic E-state index is 0.122. The number of hydrogen-bond donors (Lipinski definition) is 0. The van der Waals surface area contributed by atoms with Crippen molar-refractivity contribution in [1.82, 2.24) is 4.90 Å². The highest BCUT2D eigenvalue weighted by Gasteiger charge is 2.33. The zero-order chi connectivity index (χ0) is 12.4. The third-order valence-corrected chi connectivity index (χ3v) is 4.15. The zero-order valence-corrected chi connectivity index (χ0v) is 11.1. The topological polar surface area (TPSA) is 20.3 Å². The van der Waals surface area contributed by atoms with Crippen LogP contribution in [-0.4, -0.2) is 27.9 Å². The molecule has 0 aliphatic carbocycles. The molecular formula is C11H10Cl2FNOS. The lowest BCUT2D eigenvalue weighted by Crippen LogP contribution is -2.34. The van der Waals surface area contributed by atoms with Crippen LogP contribution in [0.1, 0.15) is 10.9 Å². The second-order valence-electron chi connectivity index (χ2n) is 3.61. The summed E-state index contributed by atoms with van der Waals surface area (Å²) in [6, 6.07) is 6.12. The van der Waals surface area contributed by atoms with Gasteiger partial charge in [-0.05, 0) is 17.7 Å². The number of carbonyl (C=O) groups is 1. The molecule has 1 aromatic carbocycles. The molecule has 1 saturated heterocycles. The lowest BCUT2D eigenvalue weighted by atomic mass is 10.2. The first kappa shape index (κ1) is 13.0. The molecule has 0 saturated carbocycles. The molecule has 0 unspecified atom stereocenters. The molecule has 92 valence electrons. The Balaban J connectivity index is 2.20. The van der Waals surface area contributed by atoms with Gasteiger partial charge in [0.1, 0.15) is 11.2 Å². The highest BCUT2D eigenvalue weighted by atomic mass is 35.5. The Morgan fingerprint density at radius 2 is 2.06 bits per heavy atom. The molecule has 17 heavy (non-hydrogen) atoms. The normalized spacial score (nSPS) is 20.0. The number of halogens is 3. The summed E-state index contributed by atoms with van der Waals surface area (Å²) in [5, 5.41) is -0.122. The Labute approximate surface area is 113 Å². The molecule has 1 aliphatic heterocycles. The van der Waals surface area contributed by atoms with Gasteiger partial charge in [-0.1, -0.05) is 35.3 Å². The SMILES string of the molecule is O=C(C(Cl)Cl)N1CCS[C@H]1c1ccc(F)cc1. The van der Waals surface area contributed by atoms with Crippen molar-refractivity contribution in [2.24, 2.45) is 0 Å². The van der Waals surface area contributed by atoms with Crippen LogP contribution in [0.15, 0.2) is 24.3 Å². The third kappa shape index (κ3) is 2.87. The minimum atomic E-state index is -1.04. The Morgan fingerprint density at radius 1 is 1.41 bits per heavy atom. The lowest BCUT2D eigenvalue weighted by Gasteiger charge is -2.24. The number of carbonyl (C=O) groups excluding carboxylic acids is 1. The minimum Gasteiger partial charge on any atom is -0.323 e. The van der Waals surface area contributed by atoms with Crippen molar-refractivity contribution in [3.8, 4) is 0 Å². The third-order valence-electron chi connectivity index (χ3n) is 2.52. The van der Waals surface area contributed by atoms with E-state index in [1.54, 1.807) is 28.8 Å². The van der Waals surface area contributed by atoms with Gasteiger partial charge in [0.25, 0.3) is 5.91 Å². The van der Waals surface area contributed by atoms with E-state index >= 15 is 0 Å². The molecule has 1 aliphatic rings. The summed E-state index contributed by atoms with van der Waals surface area (Å²) in [5.74, 6) is 0.240. The largest absolute Gasteiger partial charge is 0.323 e. The number of rotatable bonds is 2. The summed E-state index contributed by atoms with van der Waals surface area (Å²) in [6.45, 7) is 0.613. The Kier molecular flexibility index (Phi) is 4.17. The van der Waals surface area contributed by atoms with Crippen LogP contribution in [0.5, 0.6) is 0 Å². The van der Waals surface area contributed by atoms with Crippen LogP contribution in [-0.2, 0) is 4.79 Å². The first-order valence-corrected chi connectivity index (χ1v) is 6.97. The molecule has 0 spiro atoms. The van der Waals surface area contributed by atoms with E-state index in [0.717, 1.165) is 11.3 Å². The number of amides is 1. The van der Waals surface area contributed by atoms with E-state index in [-0.39, 0.29) is 17.1 Å². The summed E-state index contributed by atoms with van der Waals surface area (Å²) in [7, 11) is 0. The van der Waals surface area contributed by atoms with E-state index in [1.807, 2.05) is 0 Å². The van der Waals surface area contributed by atoms with Crippen LogP contribution in [0.25, 0.3) is 0 Å². The van der Waals surface area contributed by atoms with Gasteiger partial charge in [-0.15, -0.1) is 11.8 Å². The zero-order valence-electron chi connectivity index (χ0n) is 8.78. The van der Waals surface area contributed by atoms with Crippen molar-refractivity contribution in [1.29, 1.82) is 0 Å². The van der Waals surface area contributed by atoms with Gasteiger partial charge >= 0.3 is 0 Å². The van der Waals surface area contributed by atoms with E-state index in [1.165, 1.54) is 12.1 Å². The van der Waals surface area contributed by atoms with E-state index in [9.17, 15) is 9.18 Å². The van der Waals surface area contributed by atoms with Gasteiger partial charge in [-0.3, -0.25) is 4.79 Å². The van der Waals surface area contributed by atoms with Crippen LogP contribution in [0, 0.1) is 5.82 Å². The number of benzene rings is 1. The number of alkyl halides is 2. The van der Waals surface area contributed by atoms with Crippen molar-refractivity contribution in [3.63, 3.8) is 0 Å².